The summed E-state index contributed by atoms with van der Waals surface area (Å²) in [6.45, 7) is 12.4. The van der Waals surface area contributed by atoms with Crippen molar-refractivity contribution in [3.63, 3.8) is 0 Å². The number of carbonyl (C=O) groups is 1. The van der Waals surface area contributed by atoms with Crippen LogP contribution in [0.4, 0.5) is 0 Å². The van der Waals surface area contributed by atoms with Crippen LogP contribution in [0, 0.1) is 11.8 Å². The predicted molar refractivity (Wildman–Crippen MR) is 64.1 cm³/mol. The van der Waals surface area contributed by atoms with Gasteiger partial charge in [-0.2, -0.15) is 0 Å². The topological polar surface area (TPSA) is 34.4 Å². The van der Waals surface area contributed by atoms with E-state index in [1.165, 1.54) is 0 Å². The monoisotopic (exact) mass is 209 g/mol. The highest BCUT2D eigenvalue weighted by atomic mass is 16.2. The van der Waals surface area contributed by atoms with E-state index >= 15 is 0 Å². The summed E-state index contributed by atoms with van der Waals surface area (Å²) in [5.74, 6) is 1.36. The molecule has 0 bridgehead atoms. The smallest absolute Gasteiger partial charge is 0.298 e. The van der Waals surface area contributed by atoms with Gasteiger partial charge in [0.2, 0.25) is 5.91 Å². The molecule has 0 aromatic heterocycles. The van der Waals surface area contributed by atoms with Crippen LogP contribution in [0.25, 0.3) is 0 Å². The number of hydrogen-bond donors (Lipinski definition) is 0. The molecule has 84 valence electrons. The molecule has 0 aliphatic carbocycles. The van der Waals surface area contributed by atoms with Crippen LogP contribution in [0.1, 0.15) is 34.1 Å². The minimum atomic E-state index is 0.145. The maximum absolute atomic E-state index is 11.5. The number of amides is 1. The predicted octanol–water partition coefficient (Wildman–Crippen LogP) is 1.11. The Morgan fingerprint density at radius 3 is 2.47 bits per heavy atom. The molecule has 0 N–H and O–H groups in total. The van der Waals surface area contributed by atoms with Crippen molar-refractivity contribution in [1.29, 1.82) is 0 Å². The number of rotatable bonds is 2. The molecule has 0 aromatic rings. The molecule has 1 unspecified atom stereocenters. The quantitative estimate of drug-likeness (QED) is 0.495. The van der Waals surface area contributed by atoms with E-state index in [1.807, 2.05) is 11.8 Å². The Morgan fingerprint density at radius 2 is 2.07 bits per heavy atom. The molecule has 15 heavy (non-hydrogen) atoms. The molecular weight excluding hydrogens is 188 g/mol. The van der Waals surface area contributed by atoms with E-state index in [0.29, 0.717) is 11.8 Å². The Morgan fingerprint density at radius 1 is 1.47 bits per heavy atom. The fourth-order valence-electron chi connectivity index (χ4n) is 2.20. The van der Waals surface area contributed by atoms with E-state index in [0.717, 1.165) is 18.7 Å². The molecule has 0 radical (unpaired) electrons. The summed E-state index contributed by atoms with van der Waals surface area (Å²) in [5.41, 5.74) is 0.966. The van der Waals surface area contributed by atoms with E-state index in [1.54, 1.807) is 6.92 Å². The van der Waals surface area contributed by atoms with Gasteiger partial charge in [0.25, 0.3) is 12.4 Å². The van der Waals surface area contributed by atoms with Crippen molar-refractivity contribution in [2.75, 3.05) is 6.54 Å². The molecule has 0 spiro atoms. The van der Waals surface area contributed by atoms with Crippen LogP contribution in [0.3, 0.4) is 0 Å². The Kier molecular flexibility index (Phi) is 3.70. The van der Waals surface area contributed by atoms with Crippen LogP contribution in [-0.2, 0) is 4.79 Å². The number of nitrogens with zero attached hydrogens (tertiary/aromatic N) is 2. The van der Waals surface area contributed by atoms with Gasteiger partial charge >= 0.3 is 0 Å². The summed E-state index contributed by atoms with van der Waals surface area (Å²) in [6.07, 6.45) is 1.03. The molecule has 0 saturated carbocycles. The van der Waals surface area contributed by atoms with Gasteiger partial charge in [0, 0.05) is 20.4 Å². The normalized spacial score (nSPS) is 25.5. The zero-order valence-corrected chi connectivity index (χ0v) is 10.2. The van der Waals surface area contributed by atoms with Crippen molar-refractivity contribution in [3.8, 4) is 0 Å². The maximum Gasteiger partial charge on any atom is 0.298 e. The summed E-state index contributed by atoms with van der Waals surface area (Å²) in [4.78, 5) is 13.4. The van der Waals surface area contributed by atoms with Gasteiger partial charge in [-0.1, -0.05) is 13.8 Å². The first-order chi connectivity index (χ1) is 6.97. The molecule has 1 saturated heterocycles. The fraction of sp³-hybridized carbons (Fsp3) is 0.750. The Bertz CT molecular complexity index is 303. The summed E-state index contributed by atoms with van der Waals surface area (Å²) in [6, 6.07) is 0.174. The number of carbonyl (C=O) groups excluding carboxylic acids is 1. The highest BCUT2D eigenvalue weighted by molar-refractivity contribution is 5.91. The molecule has 1 aliphatic heterocycles. The molecule has 2 atom stereocenters. The van der Waals surface area contributed by atoms with Crippen LogP contribution in [0.15, 0.2) is 0 Å². The van der Waals surface area contributed by atoms with E-state index in [2.05, 4.69) is 25.2 Å². The third kappa shape index (κ3) is 2.48. The second kappa shape index (κ2) is 4.63. The largest absolute Gasteiger partial charge is 0.329 e. The second-order valence-electron chi connectivity index (χ2n) is 4.73. The van der Waals surface area contributed by atoms with Crippen LogP contribution >= 0.6 is 0 Å². The third-order valence-electron chi connectivity index (χ3n) is 3.41. The Balaban J connectivity index is 2.86. The molecule has 3 nitrogen and oxygen atoms in total. The van der Waals surface area contributed by atoms with Crippen LogP contribution in [0.5, 0.6) is 0 Å². The lowest BCUT2D eigenvalue weighted by atomic mass is 9.92. The van der Waals surface area contributed by atoms with Crippen molar-refractivity contribution in [3.05, 3.63) is 0 Å². The SMILES string of the molecule is C=[N+]=C(C)[C@@H]1CC(C(C)C)CN1C(C)=O. The molecule has 1 rings (SSSR count). The van der Waals surface area contributed by atoms with Gasteiger partial charge in [0.05, 0.1) is 0 Å². The maximum atomic E-state index is 11.5. The van der Waals surface area contributed by atoms with Gasteiger partial charge in [-0.05, 0) is 18.3 Å². The molecule has 1 fully saturated rings. The molecule has 0 aromatic carbocycles. The number of hydrogen-bond acceptors (Lipinski definition) is 1. The van der Waals surface area contributed by atoms with E-state index < -0.39 is 0 Å². The van der Waals surface area contributed by atoms with Crippen molar-refractivity contribution >= 4 is 18.3 Å². The van der Waals surface area contributed by atoms with Crippen LogP contribution < -0.4 is 4.67 Å². The Hall–Kier alpha value is -1.08. The van der Waals surface area contributed by atoms with Gasteiger partial charge in [-0.3, -0.25) is 4.79 Å². The zero-order valence-electron chi connectivity index (χ0n) is 10.2. The first kappa shape index (κ1) is 12.0. The summed E-state index contributed by atoms with van der Waals surface area (Å²) >= 11 is 0. The van der Waals surface area contributed by atoms with Gasteiger partial charge < -0.3 is 4.90 Å². The zero-order chi connectivity index (χ0) is 11.6. The van der Waals surface area contributed by atoms with Gasteiger partial charge in [-0.25, -0.2) is 0 Å². The minimum absolute atomic E-state index is 0.145. The first-order valence-corrected chi connectivity index (χ1v) is 5.54. The first-order valence-electron chi connectivity index (χ1n) is 5.54. The molecule has 1 aliphatic rings. The lowest BCUT2D eigenvalue weighted by Gasteiger charge is -2.18. The summed E-state index contributed by atoms with van der Waals surface area (Å²) in [7, 11) is 0. The van der Waals surface area contributed by atoms with Crippen molar-refractivity contribution in [2.24, 2.45) is 11.8 Å². The fourth-order valence-corrected chi connectivity index (χ4v) is 2.20. The number of likely N-dealkylation sites (tertiary alicyclic amines) is 1. The lowest BCUT2D eigenvalue weighted by molar-refractivity contribution is -0.128. The van der Waals surface area contributed by atoms with Crippen LogP contribution in [0.2, 0.25) is 0 Å². The average Bonchev–Trinajstić information content (AvgIpc) is 2.61. The van der Waals surface area contributed by atoms with Gasteiger partial charge in [0.1, 0.15) is 6.04 Å². The van der Waals surface area contributed by atoms with Gasteiger partial charge in [-0.15, -0.1) is 4.67 Å². The average molecular weight is 209 g/mol. The molecule has 1 heterocycles. The van der Waals surface area contributed by atoms with Gasteiger partial charge in [0.15, 0.2) is 0 Å². The highest BCUT2D eigenvalue weighted by Crippen LogP contribution is 2.29. The molecule has 3 heteroatoms. The standard InChI is InChI=1S/C12H21N2O/c1-8(2)11-6-12(9(3)13-5)14(7-11)10(4)15/h8,11-12H,5-7H2,1-4H3/q+1/t11?,12-/m0/s1. The van der Waals surface area contributed by atoms with E-state index in [9.17, 15) is 4.79 Å². The molecular formula is C12H21N2O+. The second-order valence-corrected chi connectivity index (χ2v) is 4.73. The minimum Gasteiger partial charge on any atom is -0.329 e. The molecule has 1 amide bonds. The van der Waals surface area contributed by atoms with E-state index in [4.69, 9.17) is 0 Å². The van der Waals surface area contributed by atoms with Crippen molar-refractivity contribution in [2.45, 2.75) is 40.2 Å². The highest BCUT2D eigenvalue weighted by Gasteiger charge is 2.39. The van der Waals surface area contributed by atoms with Crippen molar-refractivity contribution in [1.82, 2.24) is 9.57 Å². The summed E-state index contributed by atoms with van der Waals surface area (Å²) < 4.78 is 3.97. The lowest BCUT2D eigenvalue weighted by Crippen LogP contribution is -2.39. The van der Waals surface area contributed by atoms with E-state index in [-0.39, 0.29) is 11.9 Å². The summed E-state index contributed by atoms with van der Waals surface area (Å²) in [5, 5.41) is 0. The van der Waals surface area contributed by atoms with Crippen LogP contribution in [-0.4, -0.2) is 35.8 Å². The van der Waals surface area contributed by atoms with Crippen molar-refractivity contribution < 1.29 is 4.79 Å². The Labute approximate surface area is 91.9 Å². The third-order valence-corrected chi connectivity index (χ3v) is 3.41.